The first-order valence-corrected chi connectivity index (χ1v) is 9.10. The highest BCUT2D eigenvalue weighted by molar-refractivity contribution is 7.19. The average molecular weight is 351 g/mol. The number of ether oxygens (including phenoxy) is 1. The van der Waals surface area contributed by atoms with Gasteiger partial charge in [0.15, 0.2) is 5.82 Å². The third-order valence-electron chi connectivity index (χ3n) is 4.34. The molecule has 126 valence electrons. The van der Waals surface area contributed by atoms with Crippen molar-refractivity contribution in [2.45, 2.75) is 13.3 Å². The minimum atomic E-state index is 0.671. The van der Waals surface area contributed by atoms with Gasteiger partial charge in [-0.25, -0.2) is 9.97 Å². The number of hydrogen-bond donors (Lipinski definition) is 0. The van der Waals surface area contributed by atoms with Crippen molar-refractivity contribution in [3.8, 4) is 17.5 Å². The fourth-order valence-corrected chi connectivity index (χ4v) is 4.16. The summed E-state index contributed by atoms with van der Waals surface area (Å²) in [5, 5.41) is 10.5. The highest BCUT2D eigenvalue weighted by Crippen LogP contribution is 2.37. The molecule has 0 radical (unpaired) electrons. The highest BCUT2D eigenvalue weighted by Gasteiger charge is 2.23. The van der Waals surface area contributed by atoms with Crippen LogP contribution >= 0.6 is 11.3 Å². The molecule has 0 saturated carbocycles. The van der Waals surface area contributed by atoms with Crippen LogP contribution < -0.4 is 4.90 Å². The second-order valence-corrected chi connectivity index (χ2v) is 6.76. The number of aromatic nitrogens is 3. The molecule has 0 atom stereocenters. The maximum atomic E-state index is 9.51. The summed E-state index contributed by atoms with van der Waals surface area (Å²) in [6, 6.07) is 6.14. The second kappa shape index (κ2) is 6.75. The van der Waals surface area contributed by atoms with Crippen molar-refractivity contribution >= 4 is 27.4 Å². The molecule has 6 nitrogen and oxygen atoms in total. The van der Waals surface area contributed by atoms with Crippen molar-refractivity contribution in [1.29, 1.82) is 5.26 Å². The standard InChI is InChI=1S/C18H17N5OS/c1-2-13-14(11-19)25-18-15(13)17(23-7-9-24-10-8-23)21-16(22-18)12-3-5-20-6-4-12/h3-6H,2,7-10H2,1H3. The van der Waals surface area contributed by atoms with Gasteiger partial charge in [0.1, 0.15) is 21.6 Å². The lowest BCUT2D eigenvalue weighted by atomic mass is 10.1. The molecule has 0 aromatic carbocycles. The van der Waals surface area contributed by atoms with Gasteiger partial charge in [0.05, 0.1) is 18.6 Å². The van der Waals surface area contributed by atoms with Gasteiger partial charge in [-0.05, 0) is 24.1 Å². The van der Waals surface area contributed by atoms with Gasteiger partial charge < -0.3 is 9.64 Å². The molecule has 3 aromatic rings. The van der Waals surface area contributed by atoms with Gasteiger partial charge in [-0.1, -0.05) is 6.92 Å². The van der Waals surface area contributed by atoms with Crippen LogP contribution in [0.15, 0.2) is 24.5 Å². The summed E-state index contributed by atoms with van der Waals surface area (Å²) in [7, 11) is 0. The van der Waals surface area contributed by atoms with E-state index in [1.54, 1.807) is 12.4 Å². The number of thiophene rings is 1. The Balaban J connectivity index is 1.97. The normalized spacial score (nSPS) is 14.6. The Kier molecular flexibility index (Phi) is 4.30. The van der Waals surface area contributed by atoms with E-state index in [9.17, 15) is 5.26 Å². The summed E-state index contributed by atoms with van der Waals surface area (Å²) in [6.07, 6.45) is 4.27. The van der Waals surface area contributed by atoms with Crippen molar-refractivity contribution in [3.05, 3.63) is 35.0 Å². The van der Waals surface area contributed by atoms with E-state index in [0.29, 0.717) is 19.0 Å². The summed E-state index contributed by atoms with van der Waals surface area (Å²) in [5.74, 6) is 1.58. The Morgan fingerprint density at radius 3 is 2.68 bits per heavy atom. The molecule has 0 bridgehead atoms. The van der Waals surface area contributed by atoms with Gasteiger partial charge >= 0.3 is 0 Å². The number of nitrogens with zero attached hydrogens (tertiary/aromatic N) is 5. The van der Waals surface area contributed by atoms with Crippen LogP contribution in [-0.2, 0) is 11.2 Å². The fourth-order valence-electron chi connectivity index (χ4n) is 3.10. The molecular weight excluding hydrogens is 334 g/mol. The summed E-state index contributed by atoms with van der Waals surface area (Å²) in [5.41, 5.74) is 1.97. The summed E-state index contributed by atoms with van der Waals surface area (Å²) < 4.78 is 5.49. The van der Waals surface area contributed by atoms with Gasteiger partial charge in [0.2, 0.25) is 0 Å². The molecule has 0 N–H and O–H groups in total. The van der Waals surface area contributed by atoms with Crippen LogP contribution in [0.1, 0.15) is 17.4 Å². The largest absolute Gasteiger partial charge is 0.378 e. The highest BCUT2D eigenvalue weighted by atomic mass is 32.1. The minimum Gasteiger partial charge on any atom is -0.378 e. The van der Waals surface area contributed by atoms with E-state index in [0.717, 1.165) is 51.5 Å². The molecule has 0 unspecified atom stereocenters. The van der Waals surface area contributed by atoms with Gasteiger partial charge in [0, 0.05) is 31.0 Å². The van der Waals surface area contributed by atoms with Crippen molar-refractivity contribution in [2.75, 3.05) is 31.2 Å². The number of fused-ring (bicyclic) bond motifs is 1. The molecule has 0 amide bonds. The Morgan fingerprint density at radius 2 is 2.00 bits per heavy atom. The first-order valence-electron chi connectivity index (χ1n) is 8.28. The van der Waals surface area contributed by atoms with Gasteiger partial charge in [-0.3, -0.25) is 4.98 Å². The van der Waals surface area contributed by atoms with E-state index in [1.807, 2.05) is 12.1 Å². The molecule has 4 rings (SSSR count). The maximum absolute atomic E-state index is 9.51. The molecule has 4 heterocycles. The fraction of sp³-hybridized carbons (Fsp3) is 0.333. The molecule has 25 heavy (non-hydrogen) atoms. The van der Waals surface area contributed by atoms with E-state index < -0.39 is 0 Å². The summed E-state index contributed by atoms with van der Waals surface area (Å²) >= 11 is 1.45. The molecule has 1 aliphatic rings. The number of aryl methyl sites for hydroxylation is 1. The molecule has 0 spiro atoms. The van der Waals surface area contributed by atoms with Crippen LogP contribution in [0.5, 0.6) is 0 Å². The van der Waals surface area contributed by atoms with Gasteiger partial charge in [0.25, 0.3) is 0 Å². The van der Waals surface area contributed by atoms with E-state index >= 15 is 0 Å². The number of rotatable bonds is 3. The predicted octanol–water partition coefficient (Wildman–Crippen LogP) is 3.02. The number of morpholine rings is 1. The van der Waals surface area contributed by atoms with Crippen LogP contribution in [0.2, 0.25) is 0 Å². The Hall–Kier alpha value is -2.56. The van der Waals surface area contributed by atoms with E-state index in [-0.39, 0.29) is 0 Å². The third kappa shape index (κ3) is 2.84. The molecule has 1 fully saturated rings. The van der Waals surface area contributed by atoms with Crippen molar-refractivity contribution in [1.82, 2.24) is 15.0 Å². The molecule has 1 saturated heterocycles. The Labute approximate surface area is 149 Å². The van der Waals surface area contributed by atoms with Crippen LogP contribution in [0.4, 0.5) is 5.82 Å². The Bertz CT molecular complexity index is 941. The number of pyridine rings is 1. The maximum Gasteiger partial charge on any atom is 0.163 e. The van der Waals surface area contributed by atoms with E-state index in [4.69, 9.17) is 14.7 Å². The molecule has 3 aromatic heterocycles. The monoisotopic (exact) mass is 351 g/mol. The Morgan fingerprint density at radius 1 is 1.24 bits per heavy atom. The first kappa shape index (κ1) is 15.9. The predicted molar refractivity (Wildman–Crippen MR) is 97.8 cm³/mol. The zero-order valence-corrected chi connectivity index (χ0v) is 14.7. The molecule has 7 heteroatoms. The smallest absolute Gasteiger partial charge is 0.163 e. The van der Waals surface area contributed by atoms with Crippen molar-refractivity contribution in [3.63, 3.8) is 0 Å². The SMILES string of the molecule is CCc1c(C#N)sc2nc(-c3ccncc3)nc(N3CCOCC3)c12. The molecular formula is C18H17N5OS. The summed E-state index contributed by atoms with van der Waals surface area (Å²) in [4.78, 5) is 17.5. The second-order valence-electron chi connectivity index (χ2n) is 5.76. The van der Waals surface area contributed by atoms with E-state index in [1.165, 1.54) is 11.3 Å². The van der Waals surface area contributed by atoms with E-state index in [2.05, 4.69) is 22.9 Å². The van der Waals surface area contributed by atoms with Crippen LogP contribution in [0, 0.1) is 11.3 Å². The topological polar surface area (TPSA) is 74.9 Å². The third-order valence-corrected chi connectivity index (χ3v) is 5.37. The zero-order valence-electron chi connectivity index (χ0n) is 13.9. The van der Waals surface area contributed by atoms with Gasteiger partial charge in [-0.15, -0.1) is 11.3 Å². The van der Waals surface area contributed by atoms with Crippen molar-refractivity contribution in [2.24, 2.45) is 0 Å². The first-order chi connectivity index (χ1) is 12.3. The van der Waals surface area contributed by atoms with Crippen molar-refractivity contribution < 1.29 is 4.74 Å². The lowest BCUT2D eigenvalue weighted by Gasteiger charge is -2.28. The minimum absolute atomic E-state index is 0.671. The zero-order chi connectivity index (χ0) is 17.2. The quantitative estimate of drug-likeness (QED) is 0.722. The number of anilines is 1. The van der Waals surface area contributed by atoms with Crippen LogP contribution in [0.3, 0.4) is 0 Å². The molecule has 0 aliphatic carbocycles. The average Bonchev–Trinajstić information content (AvgIpc) is 3.06. The number of hydrogen-bond acceptors (Lipinski definition) is 7. The molecule has 1 aliphatic heterocycles. The van der Waals surface area contributed by atoms with Crippen LogP contribution in [0.25, 0.3) is 21.6 Å². The van der Waals surface area contributed by atoms with Gasteiger partial charge in [-0.2, -0.15) is 5.26 Å². The summed E-state index contributed by atoms with van der Waals surface area (Å²) in [6.45, 7) is 5.04. The van der Waals surface area contributed by atoms with Crippen LogP contribution in [-0.4, -0.2) is 41.3 Å². The number of nitriles is 1. The lowest BCUT2D eigenvalue weighted by Crippen LogP contribution is -2.37. The lowest BCUT2D eigenvalue weighted by molar-refractivity contribution is 0.122.